The predicted octanol–water partition coefficient (Wildman–Crippen LogP) is 5.10. The molecule has 1 aromatic carbocycles. The van der Waals surface area contributed by atoms with Gasteiger partial charge in [0.05, 0.1) is 0 Å². The van der Waals surface area contributed by atoms with Crippen molar-refractivity contribution in [2.75, 3.05) is 11.9 Å². The molecule has 0 fully saturated rings. The minimum atomic E-state index is 0.754. The summed E-state index contributed by atoms with van der Waals surface area (Å²) >= 11 is 0. The van der Waals surface area contributed by atoms with E-state index in [9.17, 15) is 0 Å². The van der Waals surface area contributed by atoms with Crippen LogP contribution in [0.1, 0.15) is 63.0 Å². The zero-order chi connectivity index (χ0) is 13.8. The highest BCUT2D eigenvalue weighted by Gasteiger charge is 2.22. The van der Waals surface area contributed by atoms with Gasteiger partial charge in [-0.05, 0) is 54.5 Å². The van der Waals surface area contributed by atoms with E-state index in [0.717, 1.165) is 19.6 Å². The lowest BCUT2D eigenvalue weighted by Gasteiger charge is -2.28. The van der Waals surface area contributed by atoms with Gasteiger partial charge < -0.3 is 10.1 Å². The summed E-state index contributed by atoms with van der Waals surface area (Å²) < 4.78 is 5.92. The number of hydrogen-bond donors (Lipinski definition) is 1. The number of ether oxygens (including phenoxy) is 1. The van der Waals surface area contributed by atoms with Crippen LogP contribution in [0.15, 0.2) is 24.0 Å². The fourth-order valence-corrected chi connectivity index (χ4v) is 3.19. The van der Waals surface area contributed by atoms with E-state index < -0.39 is 0 Å². The van der Waals surface area contributed by atoms with Crippen molar-refractivity contribution >= 4 is 11.3 Å². The summed E-state index contributed by atoms with van der Waals surface area (Å²) in [4.78, 5) is 0. The van der Waals surface area contributed by atoms with Crippen LogP contribution in [0, 0.1) is 0 Å². The Hall–Kier alpha value is -1.44. The van der Waals surface area contributed by atoms with Crippen LogP contribution in [-0.2, 0) is 11.3 Å². The van der Waals surface area contributed by atoms with Crippen LogP contribution in [0.2, 0.25) is 0 Å². The summed E-state index contributed by atoms with van der Waals surface area (Å²) in [5.41, 5.74) is 5.52. The van der Waals surface area contributed by atoms with Gasteiger partial charge >= 0.3 is 0 Å². The molecule has 0 spiro atoms. The topological polar surface area (TPSA) is 21.3 Å². The van der Waals surface area contributed by atoms with Crippen molar-refractivity contribution in [3.63, 3.8) is 0 Å². The monoisotopic (exact) mass is 271 g/mol. The number of fused-ring (bicyclic) bond motifs is 2. The first-order valence-electron chi connectivity index (χ1n) is 8.10. The fraction of sp³-hybridized carbons (Fsp3) is 0.556. The molecule has 1 aliphatic carbocycles. The lowest BCUT2D eigenvalue weighted by Crippen LogP contribution is -2.12. The Morgan fingerprint density at radius 2 is 2.05 bits per heavy atom. The van der Waals surface area contributed by atoms with E-state index in [-0.39, 0.29) is 0 Å². The molecule has 0 bridgehead atoms. The molecule has 0 saturated heterocycles. The van der Waals surface area contributed by atoms with Gasteiger partial charge in [-0.2, -0.15) is 0 Å². The highest BCUT2D eigenvalue weighted by Crippen LogP contribution is 2.39. The first kappa shape index (κ1) is 13.5. The fourth-order valence-electron chi connectivity index (χ4n) is 3.19. The third-order valence-electron chi connectivity index (χ3n) is 4.36. The molecule has 2 aliphatic rings. The SMILES string of the molecule is CCCCCNc1ccc2c(c1)C1=C(CCCC1)OC2. The average Bonchev–Trinajstić information content (AvgIpc) is 2.51. The van der Waals surface area contributed by atoms with E-state index in [0.29, 0.717) is 0 Å². The second-order valence-corrected chi connectivity index (χ2v) is 5.90. The highest BCUT2D eigenvalue weighted by molar-refractivity contribution is 5.74. The van der Waals surface area contributed by atoms with E-state index in [1.165, 1.54) is 66.7 Å². The number of unbranched alkanes of at least 4 members (excludes halogenated alkanes) is 2. The minimum Gasteiger partial charge on any atom is -0.493 e. The van der Waals surface area contributed by atoms with Crippen molar-refractivity contribution < 1.29 is 4.74 Å². The van der Waals surface area contributed by atoms with Crippen LogP contribution in [0.5, 0.6) is 0 Å². The maximum Gasteiger partial charge on any atom is 0.113 e. The third kappa shape index (κ3) is 2.84. The van der Waals surface area contributed by atoms with Gasteiger partial charge in [-0.25, -0.2) is 0 Å². The molecular formula is C18H25NO. The average molecular weight is 271 g/mol. The van der Waals surface area contributed by atoms with E-state index in [4.69, 9.17) is 4.74 Å². The molecule has 3 rings (SSSR count). The molecule has 0 radical (unpaired) electrons. The molecule has 0 saturated carbocycles. The summed E-state index contributed by atoms with van der Waals surface area (Å²) in [6.45, 7) is 4.08. The quantitative estimate of drug-likeness (QED) is 0.752. The van der Waals surface area contributed by atoms with Crippen molar-refractivity contribution in [2.45, 2.75) is 58.5 Å². The first-order chi connectivity index (χ1) is 9.88. The summed E-state index contributed by atoms with van der Waals surface area (Å²) in [6, 6.07) is 6.77. The molecule has 1 N–H and O–H groups in total. The van der Waals surface area contributed by atoms with Crippen molar-refractivity contribution in [1.82, 2.24) is 0 Å². The summed E-state index contributed by atoms with van der Waals surface area (Å²) in [5.74, 6) is 1.26. The van der Waals surface area contributed by atoms with Crippen LogP contribution in [-0.4, -0.2) is 6.54 Å². The van der Waals surface area contributed by atoms with E-state index in [1.54, 1.807) is 0 Å². The van der Waals surface area contributed by atoms with E-state index >= 15 is 0 Å². The zero-order valence-electron chi connectivity index (χ0n) is 12.5. The second-order valence-electron chi connectivity index (χ2n) is 5.90. The number of anilines is 1. The molecule has 0 aromatic heterocycles. The molecule has 108 valence electrons. The number of rotatable bonds is 5. The maximum atomic E-state index is 5.92. The largest absolute Gasteiger partial charge is 0.493 e. The Kier molecular flexibility index (Phi) is 4.29. The lowest BCUT2D eigenvalue weighted by atomic mass is 9.87. The van der Waals surface area contributed by atoms with Crippen molar-refractivity contribution in [3.8, 4) is 0 Å². The predicted molar refractivity (Wildman–Crippen MR) is 84.6 cm³/mol. The smallest absolute Gasteiger partial charge is 0.113 e. The van der Waals surface area contributed by atoms with E-state index in [2.05, 4.69) is 30.4 Å². The Morgan fingerprint density at radius 3 is 2.95 bits per heavy atom. The highest BCUT2D eigenvalue weighted by atomic mass is 16.5. The Labute approximate surface area is 122 Å². The van der Waals surface area contributed by atoms with Gasteiger partial charge in [0.2, 0.25) is 0 Å². The molecule has 0 amide bonds. The molecule has 2 nitrogen and oxygen atoms in total. The Balaban J connectivity index is 1.76. The molecule has 1 heterocycles. The van der Waals surface area contributed by atoms with Crippen LogP contribution in [0.3, 0.4) is 0 Å². The van der Waals surface area contributed by atoms with Gasteiger partial charge in [0, 0.05) is 18.7 Å². The van der Waals surface area contributed by atoms with Crippen LogP contribution in [0.25, 0.3) is 5.57 Å². The molecule has 1 aliphatic heterocycles. The number of benzene rings is 1. The van der Waals surface area contributed by atoms with Gasteiger partial charge in [-0.15, -0.1) is 0 Å². The van der Waals surface area contributed by atoms with Gasteiger partial charge in [0.15, 0.2) is 0 Å². The lowest BCUT2D eigenvalue weighted by molar-refractivity contribution is 0.179. The summed E-state index contributed by atoms with van der Waals surface area (Å²) in [5, 5.41) is 3.56. The second kappa shape index (κ2) is 6.34. The molecule has 0 unspecified atom stereocenters. The number of nitrogens with one attached hydrogen (secondary N) is 1. The Bertz CT molecular complexity index is 504. The van der Waals surface area contributed by atoms with Gasteiger partial charge in [0.25, 0.3) is 0 Å². The van der Waals surface area contributed by atoms with Gasteiger partial charge in [0.1, 0.15) is 12.4 Å². The number of hydrogen-bond acceptors (Lipinski definition) is 2. The molecular weight excluding hydrogens is 246 g/mol. The summed E-state index contributed by atoms with van der Waals surface area (Å²) in [7, 11) is 0. The molecule has 1 aromatic rings. The normalized spacial score (nSPS) is 17.2. The zero-order valence-corrected chi connectivity index (χ0v) is 12.5. The number of allylic oxidation sites excluding steroid dienone is 2. The van der Waals surface area contributed by atoms with E-state index in [1.807, 2.05) is 0 Å². The third-order valence-corrected chi connectivity index (χ3v) is 4.36. The standard InChI is InChI=1S/C18H25NO/c1-2-3-6-11-19-15-10-9-14-13-20-18-8-5-4-7-16(18)17(14)12-15/h9-10,12,19H,2-8,11,13H2,1H3. The Morgan fingerprint density at radius 1 is 1.15 bits per heavy atom. The van der Waals surface area contributed by atoms with Crippen molar-refractivity contribution in [1.29, 1.82) is 0 Å². The van der Waals surface area contributed by atoms with Crippen molar-refractivity contribution in [2.24, 2.45) is 0 Å². The molecule has 2 heteroatoms. The summed E-state index contributed by atoms with van der Waals surface area (Å²) in [6.07, 6.45) is 8.73. The van der Waals surface area contributed by atoms with Crippen LogP contribution < -0.4 is 5.32 Å². The maximum absolute atomic E-state index is 5.92. The van der Waals surface area contributed by atoms with Gasteiger partial charge in [-0.3, -0.25) is 0 Å². The van der Waals surface area contributed by atoms with Crippen molar-refractivity contribution in [3.05, 3.63) is 35.1 Å². The van der Waals surface area contributed by atoms with Crippen LogP contribution in [0.4, 0.5) is 5.69 Å². The van der Waals surface area contributed by atoms with Crippen LogP contribution >= 0.6 is 0 Å². The minimum absolute atomic E-state index is 0.754. The van der Waals surface area contributed by atoms with Gasteiger partial charge in [-0.1, -0.05) is 25.8 Å². The molecule has 20 heavy (non-hydrogen) atoms. The molecule has 0 atom stereocenters. The first-order valence-corrected chi connectivity index (χ1v) is 8.10.